The van der Waals surface area contributed by atoms with Gasteiger partial charge in [-0.05, 0) is 31.2 Å². The molecule has 2 aromatic carbocycles. The lowest BCUT2D eigenvalue weighted by Crippen LogP contribution is -2.16. The fourth-order valence-corrected chi connectivity index (χ4v) is 3.01. The van der Waals surface area contributed by atoms with Crippen LogP contribution < -0.4 is 9.46 Å². The molecule has 0 aromatic heterocycles. The lowest BCUT2D eigenvalue weighted by Gasteiger charge is -2.13. The molecule has 0 fully saturated rings. The molecule has 122 valence electrons. The van der Waals surface area contributed by atoms with E-state index in [4.69, 9.17) is 4.74 Å². The van der Waals surface area contributed by atoms with E-state index in [1.807, 2.05) is 6.92 Å². The van der Waals surface area contributed by atoms with E-state index >= 15 is 0 Å². The Kier molecular flexibility index (Phi) is 4.90. The summed E-state index contributed by atoms with van der Waals surface area (Å²) in [7, 11) is -1.16. The molecule has 23 heavy (non-hydrogen) atoms. The van der Waals surface area contributed by atoms with Crippen molar-refractivity contribution in [2.75, 3.05) is 18.9 Å². The molecular weight excluding hydrogens is 318 g/mol. The summed E-state index contributed by atoms with van der Waals surface area (Å²) in [6.45, 7) is 1.86. The average Bonchev–Trinajstić information content (AvgIpc) is 2.54. The van der Waals surface area contributed by atoms with Gasteiger partial charge in [0.25, 0.3) is 10.0 Å². The summed E-state index contributed by atoms with van der Waals surface area (Å²) in [6.07, 6.45) is 0. The Bertz CT molecular complexity index is 813. The Labute approximate surface area is 135 Å². The quantitative estimate of drug-likeness (QED) is 0.849. The molecule has 0 aliphatic heterocycles. The minimum atomic E-state index is -3.83. The summed E-state index contributed by atoms with van der Waals surface area (Å²) in [5, 5.41) is 0. The van der Waals surface area contributed by atoms with Crippen LogP contribution in [0.15, 0.2) is 47.4 Å². The number of hydrogen-bond acceptors (Lipinski definition) is 5. The number of rotatable bonds is 5. The minimum absolute atomic E-state index is 0.0942. The molecular formula is C16H17NO5S. The molecule has 6 nitrogen and oxygen atoms in total. The summed E-state index contributed by atoms with van der Waals surface area (Å²) in [6, 6.07) is 10.8. The summed E-state index contributed by atoms with van der Waals surface area (Å²) in [4.78, 5) is 11.9. The standard InChI is InChI=1S/C16H17NO5S/c1-11-4-7-13(8-5-11)23(19,20)17-15-10-12(21-2)6-9-14(15)16(18)22-3/h4-10,17H,1-3H3. The molecule has 0 saturated carbocycles. The predicted molar refractivity (Wildman–Crippen MR) is 86.3 cm³/mol. The van der Waals surface area contributed by atoms with E-state index in [1.54, 1.807) is 18.2 Å². The number of carbonyl (C=O) groups is 1. The van der Waals surface area contributed by atoms with E-state index in [-0.39, 0.29) is 16.1 Å². The maximum absolute atomic E-state index is 12.5. The number of carbonyl (C=O) groups excluding carboxylic acids is 1. The SMILES string of the molecule is COC(=O)c1ccc(OC)cc1NS(=O)(=O)c1ccc(C)cc1. The van der Waals surface area contributed by atoms with Gasteiger partial charge in [0, 0.05) is 6.07 Å². The molecule has 0 spiro atoms. The van der Waals surface area contributed by atoms with Crippen LogP contribution in [0.3, 0.4) is 0 Å². The van der Waals surface area contributed by atoms with Gasteiger partial charge in [0.1, 0.15) is 5.75 Å². The van der Waals surface area contributed by atoms with E-state index in [2.05, 4.69) is 9.46 Å². The van der Waals surface area contributed by atoms with Crippen LogP contribution >= 0.6 is 0 Å². The first kappa shape index (κ1) is 16.8. The van der Waals surface area contributed by atoms with Crippen LogP contribution in [0.4, 0.5) is 5.69 Å². The lowest BCUT2D eigenvalue weighted by molar-refractivity contribution is 0.0602. The van der Waals surface area contributed by atoms with Crippen LogP contribution in [0, 0.1) is 6.92 Å². The second kappa shape index (κ2) is 6.70. The summed E-state index contributed by atoms with van der Waals surface area (Å²) >= 11 is 0. The number of aryl methyl sites for hydroxylation is 1. The Hall–Kier alpha value is -2.54. The van der Waals surface area contributed by atoms with Gasteiger partial charge in [-0.2, -0.15) is 0 Å². The average molecular weight is 335 g/mol. The van der Waals surface area contributed by atoms with Crippen LogP contribution in [0.5, 0.6) is 5.75 Å². The summed E-state index contributed by atoms with van der Waals surface area (Å²) in [5.74, 6) is -0.228. The second-order valence-electron chi connectivity index (χ2n) is 4.82. The maximum atomic E-state index is 12.5. The third-order valence-electron chi connectivity index (χ3n) is 3.21. The Morgan fingerprint density at radius 1 is 1.04 bits per heavy atom. The monoisotopic (exact) mass is 335 g/mol. The van der Waals surface area contributed by atoms with Gasteiger partial charge in [-0.25, -0.2) is 13.2 Å². The van der Waals surface area contributed by atoms with Gasteiger partial charge in [-0.3, -0.25) is 4.72 Å². The first-order valence-corrected chi connectivity index (χ1v) is 8.21. The highest BCUT2D eigenvalue weighted by molar-refractivity contribution is 7.92. The van der Waals surface area contributed by atoms with E-state index in [0.29, 0.717) is 5.75 Å². The Balaban J connectivity index is 2.44. The zero-order valence-corrected chi connectivity index (χ0v) is 13.8. The van der Waals surface area contributed by atoms with Gasteiger partial charge in [0.2, 0.25) is 0 Å². The van der Waals surface area contributed by atoms with Crippen molar-refractivity contribution >= 4 is 21.7 Å². The molecule has 0 aliphatic rings. The fraction of sp³-hybridized carbons (Fsp3) is 0.188. The molecule has 0 atom stereocenters. The van der Waals surface area contributed by atoms with Gasteiger partial charge in [-0.1, -0.05) is 17.7 Å². The first-order chi connectivity index (χ1) is 10.9. The predicted octanol–water partition coefficient (Wildman–Crippen LogP) is 2.59. The topological polar surface area (TPSA) is 81.7 Å². The third kappa shape index (κ3) is 3.81. The number of hydrogen-bond donors (Lipinski definition) is 1. The van der Waals surface area contributed by atoms with Crippen LogP contribution in [-0.4, -0.2) is 28.6 Å². The van der Waals surface area contributed by atoms with Crippen LogP contribution in [-0.2, 0) is 14.8 Å². The summed E-state index contributed by atoms with van der Waals surface area (Å²) in [5.41, 5.74) is 1.14. The molecule has 0 saturated heterocycles. The molecule has 0 heterocycles. The van der Waals surface area contributed by atoms with E-state index in [0.717, 1.165) is 5.56 Å². The van der Waals surface area contributed by atoms with Crippen molar-refractivity contribution in [1.29, 1.82) is 0 Å². The van der Waals surface area contributed by atoms with Crippen molar-refractivity contribution in [1.82, 2.24) is 0 Å². The van der Waals surface area contributed by atoms with Gasteiger partial charge >= 0.3 is 5.97 Å². The highest BCUT2D eigenvalue weighted by Gasteiger charge is 2.19. The summed E-state index contributed by atoms with van der Waals surface area (Å²) < 4.78 is 37.1. The molecule has 0 radical (unpaired) electrons. The van der Waals surface area contributed by atoms with Crippen molar-refractivity contribution in [3.05, 3.63) is 53.6 Å². The molecule has 2 rings (SSSR count). The molecule has 0 bridgehead atoms. The van der Waals surface area contributed by atoms with Crippen molar-refractivity contribution < 1.29 is 22.7 Å². The van der Waals surface area contributed by atoms with E-state index < -0.39 is 16.0 Å². The van der Waals surface area contributed by atoms with Crippen LogP contribution in [0.1, 0.15) is 15.9 Å². The van der Waals surface area contributed by atoms with Crippen LogP contribution in [0.25, 0.3) is 0 Å². The number of nitrogens with one attached hydrogen (secondary N) is 1. The van der Waals surface area contributed by atoms with Gasteiger partial charge in [0.15, 0.2) is 0 Å². The van der Waals surface area contributed by atoms with E-state index in [9.17, 15) is 13.2 Å². The zero-order chi connectivity index (χ0) is 17.0. The zero-order valence-electron chi connectivity index (χ0n) is 13.0. The molecule has 2 aromatic rings. The number of benzene rings is 2. The van der Waals surface area contributed by atoms with Crippen LogP contribution in [0.2, 0.25) is 0 Å². The second-order valence-corrected chi connectivity index (χ2v) is 6.50. The molecule has 7 heteroatoms. The minimum Gasteiger partial charge on any atom is -0.497 e. The van der Waals surface area contributed by atoms with Gasteiger partial charge < -0.3 is 9.47 Å². The Morgan fingerprint density at radius 2 is 1.70 bits per heavy atom. The third-order valence-corrected chi connectivity index (χ3v) is 4.59. The van der Waals surface area contributed by atoms with Crippen molar-refractivity contribution in [3.63, 3.8) is 0 Å². The highest BCUT2D eigenvalue weighted by Crippen LogP contribution is 2.26. The number of esters is 1. The largest absolute Gasteiger partial charge is 0.497 e. The van der Waals surface area contributed by atoms with E-state index in [1.165, 1.54) is 38.5 Å². The highest BCUT2D eigenvalue weighted by atomic mass is 32.2. The molecule has 0 amide bonds. The number of ether oxygens (including phenoxy) is 2. The normalized spacial score (nSPS) is 10.9. The number of methoxy groups -OCH3 is 2. The smallest absolute Gasteiger partial charge is 0.339 e. The molecule has 1 N–H and O–H groups in total. The number of sulfonamides is 1. The first-order valence-electron chi connectivity index (χ1n) is 6.73. The maximum Gasteiger partial charge on any atom is 0.339 e. The van der Waals surface area contributed by atoms with Gasteiger partial charge in [-0.15, -0.1) is 0 Å². The Morgan fingerprint density at radius 3 is 2.26 bits per heavy atom. The molecule has 0 unspecified atom stereocenters. The fourth-order valence-electron chi connectivity index (χ4n) is 1.94. The van der Waals surface area contributed by atoms with Gasteiger partial charge in [0.05, 0.1) is 30.4 Å². The number of anilines is 1. The van der Waals surface area contributed by atoms with Crippen molar-refractivity contribution in [2.24, 2.45) is 0 Å². The van der Waals surface area contributed by atoms with Crippen molar-refractivity contribution in [3.8, 4) is 5.75 Å². The van der Waals surface area contributed by atoms with Crippen molar-refractivity contribution in [2.45, 2.75) is 11.8 Å². The molecule has 0 aliphatic carbocycles. The lowest BCUT2D eigenvalue weighted by atomic mass is 10.2.